The minimum Gasteiger partial charge on any atom is -0.393 e. The number of nitrogens with one attached hydrogen (secondary N) is 2. The van der Waals surface area contributed by atoms with Gasteiger partial charge in [-0.15, -0.1) is 0 Å². The van der Waals surface area contributed by atoms with Crippen molar-refractivity contribution >= 4 is 28.5 Å². The number of hydrogen-bond acceptors (Lipinski definition) is 7. The molecule has 0 radical (unpaired) electrons. The number of benzene rings is 1. The lowest BCUT2D eigenvalue weighted by molar-refractivity contribution is 0.0859. The first-order valence-corrected chi connectivity index (χ1v) is 12.3. The van der Waals surface area contributed by atoms with E-state index in [4.69, 9.17) is 15.5 Å². The molecule has 2 atom stereocenters. The highest BCUT2D eigenvalue weighted by Crippen LogP contribution is 2.28. The first kappa shape index (κ1) is 24.3. The third-order valence-corrected chi connectivity index (χ3v) is 6.76. The third-order valence-electron chi connectivity index (χ3n) is 6.76. The average Bonchev–Trinajstić information content (AvgIpc) is 2.82. The predicted octanol–water partition coefficient (Wildman–Crippen LogP) is 2.70. The number of hydrogen-bond donors (Lipinski definition) is 4. The molecular weight excluding hydrogens is 432 g/mol. The summed E-state index contributed by atoms with van der Waals surface area (Å²) in [6.07, 6.45) is 6.72. The number of fused-ring (bicyclic) bond motifs is 1. The number of anilines is 1. The van der Waals surface area contributed by atoms with E-state index in [1.54, 1.807) is 7.11 Å². The summed E-state index contributed by atoms with van der Waals surface area (Å²) in [5.41, 5.74) is 7.87. The van der Waals surface area contributed by atoms with E-state index in [9.17, 15) is 9.90 Å². The van der Waals surface area contributed by atoms with Crippen LogP contribution in [0.2, 0.25) is 0 Å². The molecule has 2 saturated carbocycles. The first-order valence-electron chi connectivity index (χ1n) is 12.3. The van der Waals surface area contributed by atoms with Crippen LogP contribution in [-0.4, -0.2) is 64.8 Å². The molecule has 184 valence electrons. The number of aliphatic imine (C=N–C) groups is 1. The summed E-state index contributed by atoms with van der Waals surface area (Å²) in [5.74, 6) is 1.01. The van der Waals surface area contributed by atoms with Gasteiger partial charge in [-0.3, -0.25) is 9.79 Å². The Morgan fingerprint density at radius 3 is 2.71 bits per heavy atom. The highest BCUT2D eigenvalue weighted by atomic mass is 16.5. The molecule has 1 aromatic carbocycles. The second kappa shape index (κ2) is 11.1. The van der Waals surface area contributed by atoms with Crippen LogP contribution in [0.15, 0.2) is 23.2 Å². The van der Waals surface area contributed by atoms with Crippen molar-refractivity contribution in [3.05, 3.63) is 29.6 Å². The van der Waals surface area contributed by atoms with Gasteiger partial charge in [-0.2, -0.15) is 0 Å². The largest absolute Gasteiger partial charge is 0.393 e. The molecule has 1 heterocycles. The fraction of sp³-hybridized carbons (Fsp3) is 0.600. The quantitative estimate of drug-likeness (QED) is 0.362. The van der Waals surface area contributed by atoms with Gasteiger partial charge in [0.2, 0.25) is 5.82 Å². The summed E-state index contributed by atoms with van der Waals surface area (Å²) in [4.78, 5) is 27.0. The summed E-state index contributed by atoms with van der Waals surface area (Å²) in [6, 6.07) is 6.07. The Hall–Kier alpha value is -2.78. The lowest BCUT2D eigenvalue weighted by atomic mass is 9.90. The van der Waals surface area contributed by atoms with Crippen LogP contribution >= 0.6 is 0 Å². The highest BCUT2D eigenvalue weighted by molar-refractivity contribution is 5.96. The van der Waals surface area contributed by atoms with Gasteiger partial charge in [-0.05, 0) is 57.6 Å². The molecule has 4 rings (SSSR count). The number of aliphatic hydroxyl groups is 1. The zero-order valence-corrected chi connectivity index (χ0v) is 20.1. The number of methoxy groups -OCH3 is 1. The van der Waals surface area contributed by atoms with Crippen LogP contribution in [0.4, 0.5) is 5.82 Å². The van der Waals surface area contributed by atoms with E-state index in [0.717, 1.165) is 55.0 Å². The van der Waals surface area contributed by atoms with E-state index >= 15 is 0 Å². The maximum atomic E-state index is 13.1. The monoisotopic (exact) mass is 468 g/mol. The standard InChI is InChI=1S/C25H36N6O3/c1-15-7-12-19-18(13-15)23(30-21-6-4-3-5-20(21)28-22(26)14-34-2)31-24(29-19)25(33)27-16-8-10-17(32)11-9-16/h7,12-13,16-17,20-21,32H,3-6,8-11,14H2,1-2H3,(H2,26,28)(H,27,33)(H,29,30,31)/t16?,17?,20-,21+/m1/s1. The van der Waals surface area contributed by atoms with Gasteiger partial charge in [0.15, 0.2) is 0 Å². The summed E-state index contributed by atoms with van der Waals surface area (Å²) >= 11 is 0. The first-order chi connectivity index (χ1) is 16.4. The molecule has 1 aromatic heterocycles. The van der Waals surface area contributed by atoms with E-state index in [1.165, 1.54) is 0 Å². The Balaban J connectivity index is 1.60. The topological polar surface area (TPSA) is 135 Å². The van der Waals surface area contributed by atoms with Crippen molar-refractivity contribution in [2.24, 2.45) is 10.7 Å². The maximum absolute atomic E-state index is 13.1. The van der Waals surface area contributed by atoms with Crippen molar-refractivity contribution in [1.29, 1.82) is 0 Å². The number of nitrogens with two attached hydrogens (primary N) is 1. The molecule has 2 aromatic rings. The number of carbonyl (C=O) groups excluding carboxylic acids is 1. The van der Waals surface area contributed by atoms with E-state index in [-0.39, 0.29) is 36.0 Å². The Morgan fingerprint density at radius 2 is 1.94 bits per heavy atom. The molecule has 0 bridgehead atoms. The fourth-order valence-electron chi connectivity index (χ4n) is 4.93. The molecule has 0 unspecified atom stereocenters. The second-order valence-corrected chi connectivity index (χ2v) is 9.55. The summed E-state index contributed by atoms with van der Waals surface area (Å²) in [6.45, 7) is 2.34. The summed E-state index contributed by atoms with van der Waals surface area (Å²) in [7, 11) is 1.61. The Morgan fingerprint density at radius 1 is 1.18 bits per heavy atom. The third kappa shape index (κ3) is 6.01. The predicted molar refractivity (Wildman–Crippen MR) is 133 cm³/mol. The van der Waals surface area contributed by atoms with E-state index in [1.807, 2.05) is 25.1 Å². The highest BCUT2D eigenvalue weighted by Gasteiger charge is 2.27. The van der Waals surface area contributed by atoms with Crippen LogP contribution in [0.5, 0.6) is 0 Å². The number of nitrogens with zero attached hydrogens (tertiary/aromatic N) is 3. The fourth-order valence-corrected chi connectivity index (χ4v) is 4.93. The van der Waals surface area contributed by atoms with Gasteiger partial charge in [-0.25, -0.2) is 9.97 Å². The molecular formula is C25H36N6O3. The van der Waals surface area contributed by atoms with Crippen LogP contribution in [0, 0.1) is 6.92 Å². The van der Waals surface area contributed by atoms with E-state index in [2.05, 4.69) is 20.6 Å². The van der Waals surface area contributed by atoms with E-state index in [0.29, 0.717) is 31.1 Å². The van der Waals surface area contributed by atoms with Gasteiger partial charge >= 0.3 is 0 Å². The van der Waals surface area contributed by atoms with E-state index < -0.39 is 0 Å². The zero-order valence-electron chi connectivity index (χ0n) is 20.1. The lowest BCUT2D eigenvalue weighted by Crippen LogP contribution is -2.40. The maximum Gasteiger partial charge on any atom is 0.289 e. The number of carbonyl (C=O) groups is 1. The van der Waals surface area contributed by atoms with Crippen LogP contribution < -0.4 is 16.4 Å². The van der Waals surface area contributed by atoms with Gasteiger partial charge in [0.1, 0.15) is 18.3 Å². The molecule has 34 heavy (non-hydrogen) atoms. The summed E-state index contributed by atoms with van der Waals surface area (Å²) in [5, 5.41) is 17.3. The van der Waals surface area contributed by atoms with Crippen molar-refractivity contribution < 1.29 is 14.6 Å². The number of rotatable bonds is 7. The molecule has 0 aliphatic heterocycles. The molecule has 0 saturated heterocycles. The number of ether oxygens (including phenoxy) is 1. The summed E-state index contributed by atoms with van der Waals surface area (Å²) < 4.78 is 5.12. The second-order valence-electron chi connectivity index (χ2n) is 9.55. The van der Waals surface area contributed by atoms with Gasteiger partial charge in [0.25, 0.3) is 5.91 Å². The molecule has 1 amide bonds. The minimum absolute atomic E-state index is 0.0182. The van der Waals surface area contributed by atoms with Crippen LogP contribution in [0.1, 0.15) is 67.5 Å². The number of aliphatic hydroxyl groups excluding tert-OH is 1. The SMILES string of the molecule is COCC(N)=N[C@@H]1CCCC[C@@H]1Nc1nc(C(=O)NC2CCC(O)CC2)nc2ccc(C)cc12. The Labute approximate surface area is 200 Å². The lowest BCUT2D eigenvalue weighted by Gasteiger charge is -2.30. The molecule has 5 N–H and O–H groups in total. The number of amides is 1. The molecule has 9 heteroatoms. The van der Waals surface area contributed by atoms with Crippen LogP contribution in [0.3, 0.4) is 0 Å². The van der Waals surface area contributed by atoms with Crippen molar-refractivity contribution in [2.75, 3.05) is 19.0 Å². The number of aryl methyl sites for hydroxylation is 1. The van der Waals surface area contributed by atoms with Gasteiger partial charge < -0.3 is 26.2 Å². The zero-order chi connectivity index (χ0) is 24.1. The normalized spacial score (nSPS) is 25.8. The van der Waals surface area contributed by atoms with Crippen LogP contribution in [0.25, 0.3) is 10.9 Å². The molecule has 2 aliphatic rings. The Kier molecular flexibility index (Phi) is 7.95. The van der Waals surface area contributed by atoms with Crippen molar-refractivity contribution in [3.8, 4) is 0 Å². The van der Waals surface area contributed by atoms with Gasteiger partial charge in [0, 0.05) is 24.6 Å². The minimum atomic E-state index is -0.283. The Bertz CT molecular complexity index is 1030. The van der Waals surface area contributed by atoms with Crippen molar-refractivity contribution in [3.63, 3.8) is 0 Å². The average molecular weight is 469 g/mol. The molecule has 0 spiro atoms. The molecule has 2 aliphatic carbocycles. The van der Waals surface area contributed by atoms with Crippen molar-refractivity contribution in [1.82, 2.24) is 15.3 Å². The smallest absolute Gasteiger partial charge is 0.289 e. The van der Waals surface area contributed by atoms with Gasteiger partial charge in [-0.1, -0.05) is 24.5 Å². The number of amidine groups is 1. The number of aromatic nitrogens is 2. The molecule has 2 fully saturated rings. The van der Waals surface area contributed by atoms with Gasteiger partial charge in [0.05, 0.1) is 17.7 Å². The molecule has 9 nitrogen and oxygen atoms in total. The van der Waals surface area contributed by atoms with Crippen molar-refractivity contribution in [2.45, 2.75) is 82.5 Å². The van der Waals surface area contributed by atoms with Crippen LogP contribution in [-0.2, 0) is 4.74 Å².